The summed E-state index contributed by atoms with van der Waals surface area (Å²) in [6, 6.07) is 14.5. The zero-order valence-corrected chi connectivity index (χ0v) is 19.4. The number of hydrogen-bond acceptors (Lipinski definition) is 3. The van der Waals surface area contributed by atoms with Crippen LogP contribution in [0, 0.1) is 0 Å². The summed E-state index contributed by atoms with van der Waals surface area (Å²) in [4.78, 5) is 17.4. The van der Waals surface area contributed by atoms with E-state index in [4.69, 9.17) is 11.6 Å². The van der Waals surface area contributed by atoms with Gasteiger partial charge >= 0.3 is 6.18 Å². The molecule has 4 nitrogen and oxygen atoms in total. The predicted molar refractivity (Wildman–Crippen MR) is 127 cm³/mol. The Labute approximate surface area is 201 Å². The van der Waals surface area contributed by atoms with E-state index in [1.165, 1.54) is 12.1 Å². The molecular weight excluding hydrogens is 463 g/mol. The molecule has 1 aromatic heterocycles. The molecule has 0 spiro atoms. The van der Waals surface area contributed by atoms with Crippen LogP contribution in [0.1, 0.15) is 53.7 Å². The molecule has 2 atom stereocenters. The third-order valence-corrected chi connectivity index (χ3v) is 6.76. The van der Waals surface area contributed by atoms with Crippen LogP contribution in [0.25, 0.3) is 11.1 Å². The maximum atomic E-state index is 13.3. The molecule has 1 aliphatic rings. The van der Waals surface area contributed by atoms with Crippen LogP contribution < -0.4 is 10.6 Å². The number of hydrogen-bond donors (Lipinski definition) is 2. The molecule has 8 heteroatoms. The molecule has 2 heterocycles. The van der Waals surface area contributed by atoms with Crippen molar-refractivity contribution in [3.8, 4) is 11.1 Å². The minimum atomic E-state index is -4.65. The minimum Gasteiger partial charge on any atom is -0.343 e. The summed E-state index contributed by atoms with van der Waals surface area (Å²) in [5, 5.41) is 5.89. The van der Waals surface area contributed by atoms with Crippen LogP contribution in [0.5, 0.6) is 0 Å². The Hall–Kier alpha value is -2.90. The van der Waals surface area contributed by atoms with E-state index in [0.29, 0.717) is 0 Å². The number of alkyl halides is 3. The molecule has 2 N–H and O–H groups in total. The summed E-state index contributed by atoms with van der Waals surface area (Å²) in [6.07, 6.45) is 1.64. The molecule has 178 valence electrons. The van der Waals surface area contributed by atoms with Crippen LogP contribution in [0.4, 0.5) is 13.2 Å². The molecule has 0 unspecified atom stereocenters. The van der Waals surface area contributed by atoms with Crippen molar-refractivity contribution in [2.45, 2.75) is 43.9 Å². The van der Waals surface area contributed by atoms with Crippen molar-refractivity contribution < 1.29 is 18.0 Å². The summed E-state index contributed by atoms with van der Waals surface area (Å²) < 4.78 is 40.0. The van der Waals surface area contributed by atoms with Crippen molar-refractivity contribution in [3.63, 3.8) is 0 Å². The summed E-state index contributed by atoms with van der Waals surface area (Å²) >= 11 is 6.02. The molecule has 0 aliphatic carbocycles. The average molecular weight is 488 g/mol. The smallest absolute Gasteiger partial charge is 0.343 e. The molecule has 4 rings (SSSR count). The largest absolute Gasteiger partial charge is 0.417 e. The maximum Gasteiger partial charge on any atom is 0.417 e. The number of benzene rings is 2. The van der Waals surface area contributed by atoms with Crippen molar-refractivity contribution in [1.29, 1.82) is 0 Å². The molecule has 34 heavy (non-hydrogen) atoms. The number of pyridine rings is 1. The highest BCUT2D eigenvalue weighted by atomic mass is 35.5. The first-order chi connectivity index (χ1) is 16.2. The predicted octanol–water partition coefficient (Wildman–Crippen LogP) is 6.42. The van der Waals surface area contributed by atoms with Crippen molar-refractivity contribution in [2.75, 3.05) is 6.54 Å². The van der Waals surface area contributed by atoms with Crippen LogP contribution in [-0.4, -0.2) is 23.0 Å². The van der Waals surface area contributed by atoms with Crippen molar-refractivity contribution in [1.82, 2.24) is 15.6 Å². The lowest BCUT2D eigenvalue weighted by Crippen LogP contribution is -2.55. The fraction of sp³-hybridized carbons (Fsp3) is 0.308. The lowest BCUT2D eigenvalue weighted by atomic mass is 9.80. The Morgan fingerprint density at radius 3 is 2.47 bits per heavy atom. The van der Waals surface area contributed by atoms with Crippen LogP contribution in [0.2, 0.25) is 5.02 Å². The molecule has 1 aliphatic heterocycles. The van der Waals surface area contributed by atoms with E-state index in [0.717, 1.165) is 48.6 Å². The minimum absolute atomic E-state index is 0.201. The average Bonchev–Trinajstić information content (AvgIpc) is 2.83. The second kappa shape index (κ2) is 9.76. The third-order valence-electron chi connectivity index (χ3n) is 6.35. The summed E-state index contributed by atoms with van der Waals surface area (Å²) in [7, 11) is 0. The van der Waals surface area contributed by atoms with E-state index < -0.39 is 34.3 Å². The van der Waals surface area contributed by atoms with E-state index in [-0.39, 0.29) is 5.56 Å². The fourth-order valence-electron chi connectivity index (χ4n) is 4.47. The monoisotopic (exact) mass is 487 g/mol. The number of rotatable bonds is 5. The standard InChI is InChI=1S/C26H25ClF3N3O/c1-25(13-2-3-15-32-25)23(18-11-9-17(10-12-18)19-6-5-14-31-16-19)33-24(34)20-7-4-8-21(22(20)27)26(28,29)30/h4-12,14,16,23,32H,2-3,13,15H2,1H3,(H,33,34)/t23-,25-/m0/s1. The van der Waals surface area contributed by atoms with E-state index in [9.17, 15) is 18.0 Å². The highest BCUT2D eigenvalue weighted by Gasteiger charge is 2.39. The Morgan fingerprint density at radius 1 is 1.09 bits per heavy atom. The topological polar surface area (TPSA) is 54.0 Å². The number of carbonyl (C=O) groups excluding carboxylic acids is 1. The first-order valence-electron chi connectivity index (χ1n) is 11.1. The van der Waals surface area contributed by atoms with Gasteiger partial charge in [0.25, 0.3) is 5.91 Å². The Kier molecular flexibility index (Phi) is 6.96. The quantitative estimate of drug-likeness (QED) is 0.436. The van der Waals surface area contributed by atoms with Crippen LogP contribution in [-0.2, 0) is 6.18 Å². The number of amides is 1. The van der Waals surface area contributed by atoms with Gasteiger partial charge in [0.1, 0.15) is 0 Å². The van der Waals surface area contributed by atoms with E-state index in [1.807, 2.05) is 43.3 Å². The molecule has 0 saturated carbocycles. The first kappa shape index (κ1) is 24.2. The summed E-state index contributed by atoms with van der Waals surface area (Å²) in [5.41, 5.74) is 1.09. The SMILES string of the molecule is C[C@@]1([C@@H](NC(=O)c2cccc(C(F)(F)F)c2Cl)c2ccc(-c3cccnc3)cc2)CCCCN1. The van der Waals surface area contributed by atoms with Gasteiger partial charge in [0.2, 0.25) is 0 Å². The van der Waals surface area contributed by atoms with Gasteiger partial charge in [-0.25, -0.2) is 0 Å². The highest BCUT2D eigenvalue weighted by molar-refractivity contribution is 6.34. The zero-order chi connectivity index (χ0) is 24.3. The lowest BCUT2D eigenvalue weighted by molar-refractivity contribution is -0.137. The molecule has 3 aromatic rings. The normalized spacial score (nSPS) is 19.4. The first-order valence-corrected chi connectivity index (χ1v) is 11.5. The van der Waals surface area contributed by atoms with Gasteiger partial charge in [0, 0.05) is 17.9 Å². The molecule has 2 aromatic carbocycles. The van der Waals surface area contributed by atoms with E-state index >= 15 is 0 Å². The second-order valence-electron chi connectivity index (χ2n) is 8.74. The lowest BCUT2D eigenvalue weighted by Gasteiger charge is -2.42. The number of aromatic nitrogens is 1. The number of nitrogens with zero attached hydrogens (tertiary/aromatic N) is 1. The Bertz CT molecular complexity index is 1140. The van der Waals surface area contributed by atoms with Gasteiger partial charge in [0.05, 0.1) is 22.2 Å². The van der Waals surface area contributed by atoms with Gasteiger partial charge in [-0.15, -0.1) is 0 Å². The van der Waals surface area contributed by atoms with Gasteiger partial charge < -0.3 is 10.6 Å². The molecule has 0 radical (unpaired) electrons. The van der Waals surface area contributed by atoms with Gasteiger partial charge in [0.15, 0.2) is 0 Å². The molecule has 0 bridgehead atoms. The summed E-state index contributed by atoms with van der Waals surface area (Å²) in [5.74, 6) is -0.647. The third kappa shape index (κ3) is 5.10. The number of piperidine rings is 1. The van der Waals surface area contributed by atoms with Crippen LogP contribution in [0.3, 0.4) is 0 Å². The van der Waals surface area contributed by atoms with Gasteiger partial charge in [-0.3, -0.25) is 9.78 Å². The van der Waals surface area contributed by atoms with Gasteiger partial charge in [-0.1, -0.05) is 54.4 Å². The summed E-state index contributed by atoms with van der Waals surface area (Å²) in [6.45, 7) is 2.82. The maximum absolute atomic E-state index is 13.3. The Balaban J connectivity index is 1.67. The number of halogens is 4. The second-order valence-corrected chi connectivity index (χ2v) is 9.11. The van der Waals surface area contributed by atoms with Gasteiger partial charge in [-0.05, 0) is 61.2 Å². The molecule has 1 fully saturated rings. The number of carbonyl (C=O) groups is 1. The molecule has 1 amide bonds. The van der Waals surface area contributed by atoms with Gasteiger partial charge in [-0.2, -0.15) is 13.2 Å². The van der Waals surface area contributed by atoms with Crippen molar-refractivity contribution in [2.24, 2.45) is 0 Å². The fourth-order valence-corrected chi connectivity index (χ4v) is 4.79. The van der Waals surface area contributed by atoms with E-state index in [2.05, 4.69) is 15.6 Å². The van der Waals surface area contributed by atoms with Crippen LogP contribution >= 0.6 is 11.6 Å². The molecule has 1 saturated heterocycles. The zero-order valence-electron chi connectivity index (χ0n) is 18.6. The van der Waals surface area contributed by atoms with Crippen molar-refractivity contribution in [3.05, 3.63) is 88.7 Å². The van der Waals surface area contributed by atoms with E-state index in [1.54, 1.807) is 12.4 Å². The van der Waals surface area contributed by atoms with Crippen molar-refractivity contribution >= 4 is 17.5 Å². The Morgan fingerprint density at radius 2 is 1.85 bits per heavy atom. The number of nitrogens with one attached hydrogen (secondary N) is 2. The van der Waals surface area contributed by atoms with Crippen LogP contribution in [0.15, 0.2) is 67.0 Å². The molecular formula is C26H25ClF3N3O. The highest BCUT2D eigenvalue weighted by Crippen LogP contribution is 2.38.